The van der Waals surface area contributed by atoms with E-state index in [0.717, 1.165) is 31.0 Å². The zero-order valence-electron chi connectivity index (χ0n) is 10.9. The van der Waals surface area contributed by atoms with Crippen molar-refractivity contribution in [1.82, 2.24) is 0 Å². The Morgan fingerprint density at radius 3 is 2.60 bits per heavy atom. The fourth-order valence-corrected chi connectivity index (χ4v) is 1.80. The molecule has 3 nitrogen and oxygen atoms in total. The molecule has 0 fully saturated rings. The third kappa shape index (κ3) is 4.68. The lowest BCUT2D eigenvalue weighted by Gasteiger charge is -2.14. The Morgan fingerprint density at radius 2 is 2.10 bits per heavy atom. The van der Waals surface area contributed by atoms with Gasteiger partial charge in [-0.15, -0.1) is 0 Å². The van der Waals surface area contributed by atoms with E-state index in [2.05, 4.69) is 5.32 Å². The molecule has 0 aliphatic heterocycles. The van der Waals surface area contributed by atoms with Gasteiger partial charge in [0.2, 0.25) is 5.91 Å². The number of halogens is 4. The van der Waals surface area contributed by atoms with E-state index in [0.29, 0.717) is 6.42 Å². The Hall–Kier alpha value is -1.27. The first-order valence-corrected chi connectivity index (χ1v) is 6.56. The molecule has 20 heavy (non-hydrogen) atoms. The van der Waals surface area contributed by atoms with Crippen LogP contribution in [0.3, 0.4) is 0 Å². The van der Waals surface area contributed by atoms with Crippen LogP contribution in [0.1, 0.15) is 31.7 Å². The normalized spacial score (nSPS) is 13.1. The number of nitrogens with one attached hydrogen (secondary N) is 1. The quantitative estimate of drug-likeness (QED) is 0.869. The molecule has 1 amide bonds. The van der Waals surface area contributed by atoms with Crippen molar-refractivity contribution in [3.63, 3.8) is 0 Å². The minimum Gasteiger partial charge on any atom is -0.323 e. The number of hydrogen-bond acceptors (Lipinski definition) is 2. The summed E-state index contributed by atoms with van der Waals surface area (Å²) in [6.45, 7) is 1.97. The van der Waals surface area contributed by atoms with Gasteiger partial charge < -0.3 is 11.1 Å². The summed E-state index contributed by atoms with van der Waals surface area (Å²) in [5.41, 5.74) is 4.92. The second-order valence-corrected chi connectivity index (χ2v) is 4.84. The van der Waals surface area contributed by atoms with Crippen molar-refractivity contribution in [2.45, 2.75) is 38.4 Å². The van der Waals surface area contributed by atoms with E-state index < -0.39 is 23.7 Å². The van der Waals surface area contributed by atoms with Crippen molar-refractivity contribution in [3.8, 4) is 0 Å². The third-order valence-corrected chi connectivity index (χ3v) is 3.07. The van der Waals surface area contributed by atoms with Crippen LogP contribution in [0.5, 0.6) is 0 Å². The van der Waals surface area contributed by atoms with Crippen LogP contribution in [0.15, 0.2) is 18.2 Å². The fraction of sp³-hybridized carbons (Fsp3) is 0.462. The van der Waals surface area contributed by atoms with Crippen LogP contribution >= 0.6 is 11.6 Å². The Morgan fingerprint density at radius 1 is 1.45 bits per heavy atom. The number of carbonyl (C=O) groups excluding carboxylic acids is 1. The molecule has 3 N–H and O–H groups in total. The topological polar surface area (TPSA) is 55.1 Å². The highest BCUT2D eigenvalue weighted by Crippen LogP contribution is 2.33. The number of nitrogens with two attached hydrogens (primary N) is 1. The number of anilines is 1. The number of alkyl halides is 3. The standard InChI is InChI=1S/C13H16ClF3N2O/c1-2-3-4-10(18)12(20)19-11-6-5-8(7-9(11)14)13(15,16)17/h5-7,10H,2-4,18H2,1H3,(H,19,20)/t10-/m0/s1. The molecule has 7 heteroatoms. The van der Waals surface area contributed by atoms with Crippen molar-refractivity contribution in [2.24, 2.45) is 5.73 Å². The number of rotatable bonds is 5. The Balaban J connectivity index is 2.76. The highest BCUT2D eigenvalue weighted by Gasteiger charge is 2.31. The predicted molar refractivity (Wildman–Crippen MR) is 72.6 cm³/mol. The minimum atomic E-state index is -4.47. The van der Waals surface area contributed by atoms with Gasteiger partial charge in [0.05, 0.1) is 22.3 Å². The van der Waals surface area contributed by atoms with Gasteiger partial charge in [0.25, 0.3) is 0 Å². The molecule has 0 bridgehead atoms. The molecule has 0 heterocycles. The number of benzene rings is 1. The summed E-state index contributed by atoms with van der Waals surface area (Å²) < 4.78 is 37.4. The summed E-state index contributed by atoms with van der Waals surface area (Å²) in [4.78, 5) is 11.7. The molecule has 1 atom stereocenters. The van der Waals surface area contributed by atoms with Gasteiger partial charge in [0.1, 0.15) is 0 Å². The van der Waals surface area contributed by atoms with Gasteiger partial charge in [-0.25, -0.2) is 0 Å². The second-order valence-electron chi connectivity index (χ2n) is 4.43. The molecule has 1 aromatic rings. The maximum atomic E-state index is 12.5. The maximum Gasteiger partial charge on any atom is 0.416 e. The molecular formula is C13H16ClF3N2O. The molecule has 1 aromatic carbocycles. The zero-order chi connectivity index (χ0) is 15.3. The highest BCUT2D eigenvalue weighted by molar-refractivity contribution is 6.33. The molecule has 0 radical (unpaired) electrons. The summed E-state index contributed by atoms with van der Waals surface area (Å²) in [7, 11) is 0. The molecule has 0 saturated carbocycles. The molecule has 0 aromatic heterocycles. The molecule has 0 saturated heterocycles. The lowest BCUT2D eigenvalue weighted by Crippen LogP contribution is -2.35. The molecule has 0 aliphatic rings. The van der Waals surface area contributed by atoms with Crippen molar-refractivity contribution in [3.05, 3.63) is 28.8 Å². The number of amides is 1. The van der Waals surface area contributed by atoms with Crippen LogP contribution in [0.2, 0.25) is 5.02 Å². The Bertz CT molecular complexity index is 477. The van der Waals surface area contributed by atoms with E-state index in [4.69, 9.17) is 17.3 Å². The lowest BCUT2D eigenvalue weighted by atomic mass is 10.1. The van der Waals surface area contributed by atoms with Crippen LogP contribution in [0.4, 0.5) is 18.9 Å². The van der Waals surface area contributed by atoms with Gasteiger partial charge in [0.15, 0.2) is 0 Å². The van der Waals surface area contributed by atoms with Gasteiger partial charge in [-0.2, -0.15) is 13.2 Å². The second kappa shape index (κ2) is 6.95. The largest absolute Gasteiger partial charge is 0.416 e. The van der Waals surface area contributed by atoms with Crippen LogP contribution in [0.25, 0.3) is 0 Å². The van der Waals surface area contributed by atoms with E-state index >= 15 is 0 Å². The van der Waals surface area contributed by atoms with Crippen LogP contribution in [0, 0.1) is 0 Å². The molecule has 0 unspecified atom stereocenters. The number of carbonyl (C=O) groups is 1. The first kappa shape index (κ1) is 16.8. The smallest absolute Gasteiger partial charge is 0.323 e. The summed E-state index contributed by atoms with van der Waals surface area (Å²) in [5, 5.41) is 2.26. The lowest BCUT2D eigenvalue weighted by molar-refractivity contribution is -0.137. The summed E-state index contributed by atoms with van der Waals surface area (Å²) in [6.07, 6.45) is -2.25. The Labute approximate surface area is 120 Å². The fourth-order valence-electron chi connectivity index (χ4n) is 1.57. The van der Waals surface area contributed by atoms with E-state index in [1.807, 2.05) is 6.92 Å². The maximum absolute atomic E-state index is 12.5. The summed E-state index contributed by atoms with van der Waals surface area (Å²) >= 11 is 5.73. The van der Waals surface area contributed by atoms with Gasteiger partial charge in [-0.05, 0) is 24.6 Å². The molecule has 0 spiro atoms. The van der Waals surface area contributed by atoms with Gasteiger partial charge in [-0.3, -0.25) is 4.79 Å². The summed E-state index contributed by atoms with van der Waals surface area (Å²) in [5.74, 6) is -0.458. The summed E-state index contributed by atoms with van der Waals surface area (Å²) in [6, 6.07) is 2.05. The van der Waals surface area contributed by atoms with Gasteiger partial charge in [0, 0.05) is 0 Å². The van der Waals surface area contributed by atoms with Crippen LogP contribution < -0.4 is 11.1 Å². The number of unbranched alkanes of at least 4 members (excludes halogenated alkanes) is 1. The molecule has 112 valence electrons. The molecule has 1 rings (SSSR count). The first-order valence-electron chi connectivity index (χ1n) is 6.19. The Kier molecular flexibility index (Phi) is 5.83. The predicted octanol–water partition coefficient (Wildman–Crippen LogP) is 3.81. The van der Waals surface area contributed by atoms with Gasteiger partial charge >= 0.3 is 6.18 Å². The monoisotopic (exact) mass is 308 g/mol. The third-order valence-electron chi connectivity index (χ3n) is 2.76. The minimum absolute atomic E-state index is 0.122. The van der Waals surface area contributed by atoms with Crippen molar-refractivity contribution < 1.29 is 18.0 Å². The van der Waals surface area contributed by atoms with Gasteiger partial charge in [-0.1, -0.05) is 31.4 Å². The van der Waals surface area contributed by atoms with Crippen molar-refractivity contribution in [2.75, 3.05) is 5.32 Å². The van der Waals surface area contributed by atoms with Crippen molar-refractivity contribution in [1.29, 1.82) is 0 Å². The molecular weight excluding hydrogens is 293 g/mol. The van der Waals surface area contributed by atoms with E-state index in [1.54, 1.807) is 0 Å². The first-order chi connectivity index (χ1) is 9.25. The zero-order valence-corrected chi connectivity index (χ0v) is 11.7. The van der Waals surface area contributed by atoms with Crippen LogP contribution in [-0.2, 0) is 11.0 Å². The number of hydrogen-bond donors (Lipinski definition) is 2. The average Bonchev–Trinajstić information content (AvgIpc) is 2.36. The van der Waals surface area contributed by atoms with E-state index in [-0.39, 0.29) is 10.7 Å². The average molecular weight is 309 g/mol. The van der Waals surface area contributed by atoms with Crippen LogP contribution in [-0.4, -0.2) is 11.9 Å². The van der Waals surface area contributed by atoms with E-state index in [9.17, 15) is 18.0 Å². The highest BCUT2D eigenvalue weighted by atomic mass is 35.5. The van der Waals surface area contributed by atoms with E-state index in [1.165, 1.54) is 0 Å². The molecule has 0 aliphatic carbocycles. The van der Waals surface area contributed by atoms with Crippen molar-refractivity contribution >= 4 is 23.2 Å². The SMILES string of the molecule is CCCC[C@H](N)C(=O)Nc1ccc(C(F)(F)F)cc1Cl.